The second-order valence-electron chi connectivity index (χ2n) is 6.62. The van der Waals surface area contributed by atoms with Gasteiger partial charge in [0.1, 0.15) is 12.3 Å². The molecule has 0 radical (unpaired) electrons. The average molecular weight is 421 g/mol. The Morgan fingerprint density at radius 2 is 1.74 bits per heavy atom. The Kier molecular flexibility index (Phi) is 10.1. The molecule has 1 fully saturated rings. The fourth-order valence-corrected chi connectivity index (χ4v) is 3.60. The first kappa shape index (κ1) is 22.7. The van der Waals surface area contributed by atoms with E-state index in [1.165, 1.54) is 5.56 Å². The molecule has 0 saturated carbocycles. The van der Waals surface area contributed by atoms with E-state index in [-0.39, 0.29) is 12.8 Å². The molecule has 1 aromatic carbocycles. The zero-order valence-corrected chi connectivity index (χ0v) is 17.3. The predicted molar refractivity (Wildman–Crippen MR) is 109 cm³/mol. The van der Waals surface area contributed by atoms with E-state index in [0.717, 1.165) is 31.6 Å². The summed E-state index contributed by atoms with van der Waals surface area (Å²) < 4.78 is 5.57. The van der Waals surface area contributed by atoms with Crippen molar-refractivity contribution in [1.29, 1.82) is 0 Å². The summed E-state index contributed by atoms with van der Waals surface area (Å²) in [6.07, 6.45) is 0.187. The van der Waals surface area contributed by atoms with Crippen LogP contribution in [-0.2, 0) is 16.0 Å². The van der Waals surface area contributed by atoms with Gasteiger partial charge in [-0.3, -0.25) is 4.84 Å². The first-order valence-electron chi connectivity index (χ1n) is 9.33. The van der Waals surface area contributed by atoms with Crippen LogP contribution in [0.25, 0.3) is 0 Å². The highest BCUT2D eigenvalue weighted by atomic mass is 35.5. The minimum absolute atomic E-state index is 0.119. The van der Waals surface area contributed by atoms with E-state index >= 15 is 0 Å². The van der Waals surface area contributed by atoms with Crippen LogP contribution < -0.4 is 4.90 Å². The standard InChI is InChI=1S/C19H30Cl2N2O4/c1-26-23(19-13-17(24)18(25)14-27-19)10-2-3-15-4-6-16(7-5-15)22(11-8-20)12-9-21/h4-7,17-19,24-25H,2-3,8-14H2,1H3/t17-,18+,19?/m0/s1. The summed E-state index contributed by atoms with van der Waals surface area (Å²) in [5.41, 5.74) is 2.37. The number of aliphatic hydroxyl groups is 2. The van der Waals surface area contributed by atoms with Crippen molar-refractivity contribution in [3.63, 3.8) is 0 Å². The Morgan fingerprint density at radius 3 is 2.30 bits per heavy atom. The normalized spacial score (nSPS) is 23.0. The Morgan fingerprint density at radius 1 is 1.07 bits per heavy atom. The number of nitrogens with zero attached hydrogens (tertiary/aromatic N) is 2. The van der Waals surface area contributed by atoms with Gasteiger partial charge in [0.2, 0.25) is 0 Å². The highest BCUT2D eigenvalue weighted by molar-refractivity contribution is 6.18. The van der Waals surface area contributed by atoms with Crippen molar-refractivity contribution in [3.8, 4) is 0 Å². The van der Waals surface area contributed by atoms with Crippen molar-refractivity contribution in [2.45, 2.75) is 37.7 Å². The fraction of sp³-hybridized carbons (Fsp3) is 0.684. The summed E-state index contributed by atoms with van der Waals surface area (Å²) >= 11 is 11.7. The molecule has 3 atom stereocenters. The van der Waals surface area contributed by atoms with E-state index in [1.54, 1.807) is 12.2 Å². The number of aliphatic hydroxyl groups excluding tert-OH is 2. The van der Waals surface area contributed by atoms with Crippen molar-refractivity contribution in [2.24, 2.45) is 0 Å². The van der Waals surface area contributed by atoms with Gasteiger partial charge in [-0.25, -0.2) is 0 Å². The van der Waals surface area contributed by atoms with Crippen LogP contribution in [0.4, 0.5) is 5.69 Å². The van der Waals surface area contributed by atoms with Crippen LogP contribution >= 0.6 is 23.2 Å². The highest BCUT2D eigenvalue weighted by Crippen LogP contribution is 2.20. The summed E-state index contributed by atoms with van der Waals surface area (Å²) in [7, 11) is 1.60. The van der Waals surface area contributed by atoms with Crippen LogP contribution in [0.3, 0.4) is 0 Å². The molecule has 1 saturated heterocycles. The van der Waals surface area contributed by atoms with Gasteiger partial charge in [0, 0.05) is 43.5 Å². The van der Waals surface area contributed by atoms with Crippen LogP contribution in [0, 0.1) is 0 Å². The summed E-state index contributed by atoms with van der Waals surface area (Å²) in [6.45, 7) is 2.35. The molecular formula is C19H30Cl2N2O4. The van der Waals surface area contributed by atoms with Gasteiger partial charge in [0.25, 0.3) is 0 Å². The molecule has 8 heteroatoms. The Bertz CT molecular complexity index is 529. The second kappa shape index (κ2) is 12.1. The van der Waals surface area contributed by atoms with E-state index in [2.05, 4.69) is 29.2 Å². The monoisotopic (exact) mass is 420 g/mol. The van der Waals surface area contributed by atoms with E-state index in [1.807, 2.05) is 0 Å². The number of alkyl halides is 2. The number of hydroxylamine groups is 2. The van der Waals surface area contributed by atoms with Crippen LogP contribution in [0.2, 0.25) is 0 Å². The molecule has 1 aliphatic heterocycles. The number of anilines is 1. The third-order valence-corrected chi connectivity index (χ3v) is 5.09. The Balaban J connectivity index is 1.81. The minimum Gasteiger partial charge on any atom is -0.390 e. The van der Waals surface area contributed by atoms with E-state index in [4.69, 9.17) is 32.8 Å². The van der Waals surface area contributed by atoms with Crippen molar-refractivity contribution in [2.75, 3.05) is 50.0 Å². The molecule has 154 valence electrons. The summed E-state index contributed by atoms with van der Waals surface area (Å²) in [5, 5.41) is 21.1. The Labute approximate surface area is 171 Å². The van der Waals surface area contributed by atoms with E-state index in [0.29, 0.717) is 24.7 Å². The van der Waals surface area contributed by atoms with Crippen LogP contribution in [0.1, 0.15) is 18.4 Å². The molecule has 0 aromatic heterocycles. The van der Waals surface area contributed by atoms with Gasteiger partial charge in [-0.15, -0.1) is 23.2 Å². The summed E-state index contributed by atoms with van der Waals surface area (Å²) in [6, 6.07) is 8.45. The van der Waals surface area contributed by atoms with Crippen LogP contribution in [-0.4, -0.2) is 78.8 Å². The molecule has 27 heavy (non-hydrogen) atoms. The maximum Gasteiger partial charge on any atom is 0.135 e. The molecule has 1 aliphatic rings. The summed E-state index contributed by atoms with van der Waals surface area (Å²) in [5.74, 6) is 1.14. The lowest BCUT2D eigenvalue weighted by atomic mass is 10.1. The van der Waals surface area contributed by atoms with Gasteiger partial charge >= 0.3 is 0 Å². The summed E-state index contributed by atoms with van der Waals surface area (Å²) in [4.78, 5) is 7.58. The average Bonchev–Trinajstić information content (AvgIpc) is 2.68. The highest BCUT2D eigenvalue weighted by Gasteiger charge is 2.32. The lowest BCUT2D eigenvalue weighted by Gasteiger charge is -2.36. The van der Waals surface area contributed by atoms with Crippen molar-refractivity contribution >= 4 is 28.9 Å². The molecule has 6 nitrogen and oxygen atoms in total. The largest absolute Gasteiger partial charge is 0.390 e. The van der Waals surface area contributed by atoms with Gasteiger partial charge in [-0.05, 0) is 30.5 Å². The number of aryl methyl sites for hydroxylation is 1. The molecule has 1 unspecified atom stereocenters. The molecule has 2 N–H and O–H groups in total. The number of hydrogen-bond acceptors (Lipinski definition) is 6. The first-order valence-corrected chi connectivity index (χ1v) is 10.4. The van der Waals surface area contributed by atoms with E-state index < -0.39 is 12.2 Å². The molecule has 2 rings (SSSR count). The molecule has 0 aliphatic carbocycles. The molecule has 0 spiro atoms. The molecule has 1 heterocycles. The van der Waals surface area contributed by atoms with Gasteiger partial charge in [-0.2, -0.15) is 5.06 Å². The lowest BCUT2D eigenvalue weighted by molar-refractivity contribution is -0.271. The zero-order valence-electron chi connectivity index (χ0n) is 15.8. The molecular weight excluding hydrogens is 391 g/mol. The van der Waals surface area contributed by atoms with Gasteiger partial charge in [-0.1, -0.05) is 12.1 Å². The SMILES string of the molecule is CON(CCCc1ccc(N(CCCl)CCCl)cc1)C1C[C@H](O)[C@H](O)CO1. The number of hydrogen-bond donors (Lipinski definition) is 2. The van der Waals surface area contributed by atoms with Gasteiger partial charge in [0.15, 0.2) is 0 Å². The van der Waals surface area contributed by atoms with Crippen molar-refractivity contribution < 1.29 is 19.8 Å². The first-order chi connectivity index (χ1) is 13.1. The number of benzene rings is 1. The third kappa shape index (κ3) is 7.06. The zero-order chi connectivity index (χ0) is 19.6. The van der Waals surface area contributed by atoms with Crippen molar-refractivity contribution in [1.82, 2.24) is 5.06 Å². The topological polar surface area (TPSA) is 65.4 Å². The van der Waals surface area contributed by atoms with Gasteiger partial charge < -0.3 is 19.8 Å². The van der Waals surface area contributed by atoms with Crippen molar-refractivity contribution in [3.05, 3.63) is 29.8 Å². The maximum atomic E-state index is 9.81. The number of halogens is 2. The fourth-order valence-electron chi connectivity index (χ4n) is 3.19. The number of ether oxygens (including phenoxy) is 1. The predicted octanol–water partition coefficient (Wildman–Crippen LogP) is 2.23. The smallest absolute Gasteiger partial charge is 0.135 e. The number of rotatable bonds is 11. The minimum atomic E-state index is -0.823. The third-order valence-electron chi connectivity index (χ3n) is 4.76. The lowest BCUT2D eigenvalue weighted by Crippen LogP contribution is -2.48. The Hall–Kier alpha value is -0.600. The maximum absolute atomic E-state index is 9.81. The van der Waals surface area contributed by atoms with E-state index in [9.17, 15) is 10.2 Å². The second-order valence-corrected chi connectivity index (χ2v) is 7.37. The quantitative estimate of drug-likeness (QED) is 0.422. The van der Waals surface area contributed by atoms with Crippen LogP contribution in [0.15, 0.2) is 24.3 Å². The molecule has 0 amide bonds. The van der Waals surface area contributed by atoms with Crippen LogP contribution in [0.5, 0.6) is 0 Å². The molecule has 0 bridgehead atoms. The molecule has 1 aromatic rings. The van der Waals surface area contributed by atoms with Gasteiger partial charge in [0.05, 0.1) is 19.8 Å².